The molecule has 1 N–H and O–H groups in total. The summed E-state index contributed by atoms with van der Waals surface area (Å²) in [4.78, 5) is 29.3. The molecular formula is C23H23N3O6. The van der Waals surface area contributed by atoms with Gasteiger partial charge in [0.2, 0.25) is 0 Å². The molecule has 166 valence electrons. The Balaban J connectivity index is 1.55. The minimum absolute atomic E-state index is 0.0507. The number of rotatable bonds is 7. The second-order valence-electron chi connectivity index (χ2n) is 8.37. The number of aliphatic hydroxyl groups is 1. The van der Waals surface area contributed by atoms with E-state index in [2.05, 4.69) is 10.1 Å². The van der Waals surface area contributed by atoms with E-state index in [1.165, 1.54) is 0 Å². The summed E-state index contributed by atoms with van der Waals surface area (Å²) in [7, 11) is 1.55. The number of fused-ring (bicyclic) bond motifs is 2. The zero-order valence-corrected chi connectivity index (χ0v) is 17.8. The molecule has 0 spiro atoms. The molecule has 0 amide bonds. The molecule has 32 heavy (non-hydrogen) atoms. The molecule has 1 saturated carbocycles. The van der Waals surface area contributed by atoms with Crippen molar-refractivity contribution in [1.29, 1.82) is 0 Å². The maximum atomic E-state index is 12.8. The predicted octanol–water partition coefficient (Wildman–Crippen LogP) is 2.28. The van der Waals surface area contributed by atoms with Crippen molar-refractivity contribution in [1.82, 2.24) is 14.6 Å². The van der Waals surface area contributed by atoms with Crippen molar-refractivity contribution in [2.45, 2.75) is 31.8 Å². The van der Waals surface area contributed by atoms with Crippen molar-refractivity contribution < 1.29 is 28.9 Å². The molecular weight excluding hydrogens is 414 g/mol. The monoisotopic (exact) mass is 437 g/mol. The smallest absolute Gasteiger partial charge is 0.338 e. The molecule has 9 heteroatoms. The molecule has 0 unspecified atom stereocenters. The summed E-state index contributed by atoms with van der Waals surface area (Å²) in [6.07, 6.45) is 1.21. The third-order valence-corrected chi connectivity index (χ3v) is 6.03. The second-order valence-corrected chi connectivity index (χ2v) is 8.37. The highest BCUT2D eigenvalue weighted by Gasteiger charge is 2.56. The number of pyridine rings is 1. The number of hydrogen-bond acceptors (Lipinski definition) is 8. The summed E-state index contributed by atoms with van der Waals surface area (Å²) in [5, 5.41) is 13.9. The molecule has 2 aromatic heterocycles. The Labute approximate surface area is 183 Å². The largest absolute Gasteiger partial charge is 0.493 e. The van der Waals surface area contributed by atoms with E-state index in [4.69, 9.17) is 14.2 Å². The number of nitrogens with zero attached hydrogens (tertiary/aromatic N) is 3. The van der Waals surface area contributed by atoms with Crippen molar-refractivity contribution >= 4 is 17.6 Å². The van der Waals surface area contributed by atoms with Gasteiger partial charge in [0.1, 0.15) is 12.0 Å². The van der Waals surface area contributed by atoms with Gasteiger partial charge in [-0.1, -0.05) is 13.0 Å². The first kappa shape index (κ1) is 20.4. The summed E-state index contributed by atoms with van der Waals surface area (Å²) in [6, 6.07) is 9.16. The highest BCUT2D eigenvalue weighted by atomic mass is 16.5. The van der Waals surface area contributed by atoms with Crippen LogP contribution in [0.2, 0.25) is 0 Å². The van der Waals surface area contributed by atoms with Gasteiger partial charge >= 0.3 is 11.9 Å². The molecule has 1 aliphatic heterocycles. The third kappa shape index (κ3) is 3.20. The summed E-state index contributed by atoms with van der Waals surface area (Å²) in [6.45, 7) is 2.15. The van der Waals surface area contributed by atoms with Crippen LogP contribution >= 0.6 is 0 Å². The molecule has 1 aliphatic carbocycles. The number of methoxy groups -OCH3 is 1. The van der Waals surface area contributed by atoms with Gasteiger partial charge in [0.25, 0.3) is 0 Å². The van der Waals surface area contributed by atoms with Crippen molar-refractivity contribution in [2.75, 3.05) is 20.3 Å². The fourth-order valence-corrected chi connectivity index (χ4v) is 3.87. The Bertz CT molecular complexity index is 1230. The lowest BCUT2D eigenvalue weighted by Crippen LogP contribution is -2.27. The summed E-state index contributed by atoms with van der Waals surface area (Å²) >= 11 is 0. The lowest BCUT2D eigenvalue weighted by atomic mass is 10.0. The van der Waals surface area contributed by atoms with Gasteiger partial charge in [-0.2, -0.15) is 0 Å². The minimum atomic E-state index is -0.873. The van der Waals surface area contributed by atoms with E-state index in [0.29, 0.717) is 35.6 Å². The van der Waals surface area contributed by atoms with Crippen molar-refractivity contribution in [3.05, 3.63) is 47.3 Å². The Morgan fingerprint density at radius 2 is 2.12 bits per heavy atom. The number of aromatic nitrogens is 3. The maximum Gasteiger partial charge on any atom is 0.338 e. The van der Waals surface area contributed by atoms with Gasteiger partial charge in [0, 0.05) is 23.7 Å². The molecule has 1 fully saturated rings. The van der Waals surface area contributed by atoms with Crippen LogP contribution in [0.1, 0.15) is 41.5 Å². The minimum Gasteiger partial charge on any atom is -0.493 e. The highest BCUT2D eigenvalue weighted by Crippen LogP contribution is 2.48. The maximum absolute atomic E-state index is 12.8. The van der Waals surface area contributed by atoms with Crippen molar-refractivity contribution in [3.8, 4) is 17.0 Å². The first-order valence-corrected chi connectivity index (χ1v) is 10.5. The molecule has 9 nitrogen and oxygen atoms in total. The van der Waals surface area contributed by atoms with Gasteiger partial charge in [-0.05, 0) is 37.1 Å². The molecule has 1 atom stereocenters. The SMILES string of the molecule is COc1ccc(-c2ccc3c(c2)COC3=O)n2nc(C3(C(=O)OC[C@H](C)CO)CC3)nc12. The lowest BCUT2D eigenvalue weighted by molar-refractivity contribution is -0.148. The summed E-state index contributed by atoms with van der Waals surface area (Å²) in [5.41, 5.74) is 2.60. The van der Waals surface area contributed by atoms with Crippen LogP contribution < -0.4 is 4.74 Å². The van der Waals surface area contributed by atoms with E-state index in [1.54, 1.807) is 23.8 Å². The molecule has 0 saturated heterocycles. The molecule has 5 rings (SSSR count). The third-order valence-electron chi connectivity index (χ3n) is 6.03. The Hall–Kier alpha value is -3.46. The number of hydrogen-bond donors (Lipinski definition) is 1. The first-order chi connectivity index (χ1) is 15.5. The Morgan fingerprint density at radius 3 is 2.84 bits per heavy atom. The van der Waals surface area contributed by atoms with Crippen LogP contribution in [-0.2, 0) is 26.3 Å². The Morgan fingerprint density at radius 1 is 1.31 bits per heavy atom. The number of cyclic esters (lactones) is 1. The number of benzene rings is 1. The van der Waals surface area contributed by atoms with Gasteiger partial charge in [-0.3, -0.25) is 4.79 Å². The summed E-state index contributed by atoms with van der Waals surface area (Å²) < 4.78 is 17.7. The predicted molar refractivity (Wildman–Crippen MR) is 112 cm³/mol. The van der Waals surface area contributed by atoms with Gasteiger partial charge in [-0.15, -0.1) is 5.10 Å². The number of ether oxygens (including phenoxy) is 3. The number of esters is 2. The number of carbonyl (C=O) groups is 2. The molecule has 3 heterocycles. The van der Waals surface area contributed by atoms with Crippen LogP contribution in [0, 0.1) is 5.92 Å². The van der Waals surface area contributed by atoms with Gasteiger partial charge in [-0.25, -0.2) is 14.3 Å². The lowest BCUT2D eigenvalue weighted by Gasteiger charge is -2.13. The van der Waals surface area contributed by atoms with E-state index < -0.39 is 5.41 Å². The van der Waals surface area contributed by atoms with Crippen molar-refractivity contribution in [3.63, 3.8) is 0 Å². The Kier molecular flexibility index (Phi) is 4.85. The van der Waals surface area contributed by atoms with E-state index in [1.807, 2.05) is 25.1 Å². The van der Waals surface area contributed by atoms with Gasteiger partial charge in [0.05, 0.1) is 25.0 Å². The van der Waals surface area contributed by atoms with Crippen LogP contribution in [-0.4, -0.2) is 52.0 Å². The first-order valence-electron chi connectivity index (χ1n) is 10.5. The van der Waals surface area contributed by atoms with Crippen LogP contribution in [0.4, 0.5) is 0 Å². The normalized spacial score (nSPS) is 17.0. The van der Waals surface area contributed by atoms with E-state index >= 15 is 0 Å². The van der Waals surface area contributed by atoms with E-state index in [-0.39, 0.29) is 37.7 Å². The fraction of sp³-hybridized carbons (Fsp3) is 0.391. The van der Waals surface area contributed by atoms with Crippen LogP contribution in [0.5, 0.6) is 5.75 Å². The average Bonchev–Trinajstić information content (AvgIpc) is 3.37. The van der Waals surface area contributed by atoms with Crippen LogP contribution in [0.15, 0.2) is 30.3 Å². The summed E-state index contributed by atoms with van der Waals surface area (Å²) in [5.74, 6) is 0.0996. The number of carbonyl (C=O) groups excluding carboxylic acids is 2. The number of aliphatic hydroxyl groups excluding tert-OH is 1. The van der Waals surface area contributed by atoms with Crippen LogP contribution in [0.3, 0.4) is 0 Å². The van der Waals surface area contributed by atoms with Crippen molar-refractivity contribution in [2.24, 2.45) is 5.92 Å². The molecule has 2 aliphatic rings. The quantitative estimate of drug-likeness (QED) is 0.560. The highest BCUT2D eigenvalue weighted by molar-refractivity contribution is 5.94. The topological polar surface area (TPSA) is 112 Å². The van der Waals surface area contributed by atoms with Gasteiger partial charge < -0.3 is 19.3 Å². The molecule has 0 radical (unpaired) electrons. The molecule has 3 aromatic rings. The van der Waals surface area contributed by atoms with Gasteiger partial charge in [0.15, 0.2) is 17.2 Å². The second kappa shape index (κ2) is 7.59. The fourth-order valence-electron chi connectivity index (χ4n) is 3.87. The van der Waals surface area contributed by atoms with E-state index in [0.717, 1.165) is 16.8 Å². The molecule has 0 bridgehead atoms. The zero-order chi connectivity index (χ0) is 22.5. The average molecular weight is 437 g/mol. The van der Waals surface area contributed by atoms with E-state index in [9.17, 15) is 14.7 Å². The van der Waals surface area contributed by atoms with Crippen LogP contribution in [0.25, 0.3) is 16.9 Å². The zero-order valence-electron chi connectivity index (χ0n) is 17.8. The standard InChI is InChI=1S/C23H23N3O6/c1-13(10-27)11-32-22(29)23(7-8-23)21-24-19-18(30-2)6-5-17(26(19)25-21)14-3-4-16-15(9-14)12-31-20(16)28/h3-6,9,13,27H,7-8,10-12H2,1-2H3/t13-/m1/s1. The molecule has 1 aromatic carbocycles.